The monoisotopic (exact) mass is 517 g/mol. The first-order chi connectivity index (χ1) is 17.1. The van der Waals surface area contributed by atoms with E-state index in [1.54, 1.807) is 48.1 Å². The van der Waals surface area contributed by atoms with E-state index in [0.29, 0.717) is 16.9 Å². The van der Waals surface area contributed by atoms with Crippen molar-refractivity contribution in [1.29, 1.82) is 0 Å². The zero-order chi connectivity index (χ0) is 26.0. The Morgan fingerprint density at radius 2 is 1.92 bits per heavy atom. The summed E-state index contributed by atoms with van der Waals surface area (Å²) in [5.41, 5.74) is 2.80. The molecular weight excluding hydrogens is 493 g/mol. The van der Waals surface area contributed by atoms with E-state index in [1.165, 1.54) is 30.2 Å². The van der Waals surface area contributed by atoms with Gasteiger partial charge in [-0.3, -0.25) is 4.79 Å². The lowest BCUT2D eigenvalue weighted by Gasteiger charge is -2.36. The highest BCUT2D eigenvalue weighted by Crippen LogP contribution is 2.32. The normalized spacial score (nSPS) is 18.5. The maximum absolute atomic E-state index is 13.5. The highest BCUT2D eigenvalue weighted by atomic mass is 35.7. The highest BCUT2D eigenvalue weighted by Gasteiger charge is 2.42. The molecule has 2 heterocycles. The summed E-state index contributed by atoms with van der Waals surface area (Å²) in [7, 11) is -3.25. The second kappa shape index (κ2) is 10.4. The van der Waals surface area contributed by atoms with Crippen LogP contribution in [0.1, 0.15) is 36.2 Å². The fourth-order valence-corrected chi connectivity index (χ4v) is 4.66. The van der Waals surface area contributed by atoms with Gasteiger partial charge in [-0.2, -0.15) is 14.0 Å². The summed E-state index contributed by atoms with van der Waals surface area (Å²) < 4.78 is 59.5. The number of carbonyl (C=O) groups excluding carboxylic acids is 1. The molecule has 9 nitrogen and oxygen atoms in total. The molecule has 0 aliphatic carbocycles. The molecule has 36 heavy (non-hydrogen) atoms. The summed E-state index contributed by atoms with van der Waals surface area (Å²) in [5.74, 6) is -0.392. The number of likely N-dealkylation sites (tertiary alicyclic amines) is 1. The lowest BCUT2D eigenvalue weighted by molar-refractivity contribution is -1.92. The van der Waals surface area contributed by atoms with Gasteiger partial charge in [0.05, 0.1) is 51.0 Å². The molecule has 2 aromatic carbocycles. The largest absolute Gasteiger partial charge is 0.495 e. The Kier molecular flexibility index (Phi) is 7.43. The Labute approximate surface area is 209 Å². The molecule has 190 valence electrons. The minimum Gasteiger partial charge on any atom is -0.495 e. The van der Waals surface area contributed by atoms with Crippen molar-refractivity contribution in [3.05, 3.63) is 83.2 Å². The third kappa shape index (κ3) is 5.75. The number of nitrogens with zero attached hydrogens (tertiary/aromatic N) is 3. The van der Waals surface area contributed by atoms with Crippen molar-refractivity contribution in [2.45, 2.75) is 32.4 Å². The smallest absolute Gasteiger partial charge is 0.253 e. The molecule has 11 heteroatoms. The first kappa shape index (κ1) is 25.8. The van der Waals surface area contributed by atoms with E-state index in [1.807, 2.05) is 13.1 Å². The van der Waals surface area contributed by atoms with Crippen molar-refractivity contribution in [2.75, 3.05) is 13.7 Å². The number of methoxy groups -OCH3 is 1. The molecule has 0 spiro atoms. The van der Waals surface area contributed by atoms with Gasteiger partial charge >= 0.3 is 0 Å². The van der Waals surface area contributed by atoms with E-state index in [0.717, 1.165) is 11.4 Å². The Morgan fingerprint density at radius 1 is 1.19 bits per heavy atom. The lowest BCUT2D eigenvalue weighted by atomic mass is 9.95. The summed E-state index contributed by atoms with van der Waals surface area (Å²) in [6.45, 7) is 3.79. The van der Waals surface area contributed by atoms with Crippen molar-refractivity contribution in [1.82, 2.24) is 14.5 Å². The van der Waals surface area contributed by atoms with Crippen LogP contribution in [0.4, 0.5) is 4.39 Å². The Bertz CT molecular complexity index is 1270. The SMILES string of the molecule is COc1cc(/C=C2/C(=O)N([C@@H](C)c3ccc(F)cc3)CCC2O[Cl+3]([O-])([O-])[O-])ccc1-n1cnc(C)c1. The standard InChI is InChI=1S/C25H25ClFN3O6/c1-16-14-29(15-28-16)22-9-4-18(13-24(22)35-3)12-21-23(36-26(32,33)34)10-11-30(25(21)31)17(2)19-5-7-20(27)8-6-19/h4-9,12-15,17,23H,10-11H2,1-3H3/b21-12+/t17-,23?/m0/s1. The number of aromatic nitrogens is 2. The van der Waals surface area contributed by atoms with Crippen LogP contribution in [0.3, 0.4) is 0 Å². The van der Waals surface area contributed by atoms with Gasteiger partial charge < -0.3 is 14.2 Å². The van der Waals surface area contributed by atoms with Gasteiger partial charge in [0.1, 0.15) is 11.6 Å². The van der Waals surface area contributed by atoms with Crippen molar-refractivity contribution in [3.8, 4) is 11.4 Å². The molecule has 3 aromatic rings. The van der Waals surface area contributed by atoms with Crippen LogP contribution in [-0.2, 0) is 9.08 Å². The van der Waals surface area contributed by atoms with Crippen LogP contribution in [-0.4, -0.2) is 40.1 Å². The molecule has 1 fully saturated rings. The van der Waals surface area contributed by atoms with E-state index in [4.69, 9.17) is 9.03 Å². The molecule has 0 saturated carbocycles. The van der Waals surface area contributed by atoms with Gasteiger partial charge in [0, 0.05) is 19.2 Å². The zero-order valence-corrected chi connectivity index (χ0v) is 20.6. The van der Waals surface area contributed by atoms with Gasteiger partial charge in [-0.15, -0.1) is 0 Å². The van der Waals surface area contributed by atoms with Crippen LogP contribution in [0.2, 0.25) is 0 Å². The Balaban J connectivity index is 1.70. The molecular formula is C25H25ClFN3O6. The number of halogens is 2. The number of piperidine rings is 1. The first-order valence-corrected chi connectivity index (χ1v) is 12.4. The maximum atomic E-state index is 13.5. The molecule has 1 amide bonds. The number of imidazole rings is 1. The van der Waals surface area contributed by atoms with Gasteiger partial charge in [-0.05, 0) is 55.3 Å². The maximum Gasteiger partial charge on any atom is 0.253 e. The first-order valence-electron chi connectivity index (χ1n) is 11.1. The zero-order valence-electron chi connectivity index (χ0n) is 19.9. The molecule has 4 rings (SSSR count). The summed E-state index contributed by atoms with van der Waals surface area (Å²) in [5, 5.41) is 0. The second-order valence-electron chi connectivity index (χ2n) is 8.42. The predicted molar refractivity (Wildman–Crippen MR) is 119 cm³/mol. The molecule has 0 radical (unpaired) electrons. The van der Waals surface area contributed by atoms with Crippen LogP contribution in [0.5, 0.6) is 5.75 Å². The Hall–Kier alpha value is -3.28. The lowest BCUT2D eigenvalue weighted by Crippen LogP contribution is -2.63. The van der Waals surface area contributed by atoms with Crippen molar-refractivity contribution in [3.63, 3.8) is 0 Å². The molecule has 2 atom stereocenters. The quantitative estimate of drug-likeness (QED) is 0.428. The number of hydrogen-bond donors (Lipinski definition) is 0. The predicted octanol–water partition coefficient (Wildman–Crippen LogP) is 0.988. The molecule has 1 aliphatic rings. The topological polar surface area (TPSA) is 126 Å². The van der Waals surface area contributed by atoms with Gasteiger partial charge in [0.2, 0.25) is 6.10 Å². The van der Waals surface area contributed by atoms with Crippen LogP contribution < -0.4 is 18.7 Å². The fraction of sp³-hybridized carbons (Fsp3) is 0.280. The third-order valence-corrected chi connectivity index (χ3v) is 6.47. The number of ether oxygens (including phenoxy) is 1. The number of benzene rings is 2. The molecule has 0 bridgehead atoms. The van der Waals surface area contributed by atoms with E-state index in [2.05, 4.69) is 4.98 Å². The average molecular weight is 518 g/mol. The highest BCUT2D eigenvalue weighted by molar-refractivity contribution is 6.00. The minimum absolute atomic E-state index is 0.00964. The van der Waals surface area contributed by atoms with Gasteiger partial charge in [-0.1, -0.05) is 18.2 Å². The average Bonchev–Trinajstić information content (AvgIpc) is 3.26. The minimum atomic E-state index is -4.76. The van der Waals surface area contributed by atoms with Crippen molar-refractivity contribution >= 4 is 12.0 Å². The number of aryl methyl sites for hydroxylation is 1. The Morgan fingerprint density at radius 3 is 2.53 bits per heavy atom. The summed E-state index contributed by atoms with van der Waals surface area (Å²) in [6, 6.07) is 10.6. The van der Waals surface area contributed by atoms with Crippen LogP contribution in [0.15, 0.2) is 60.6 Å². The molecule has 0 N–H and O–H groups in total. The fourth-order valence-electron chi connectivity index (χ4n) is 4.22. The summed E-state index contributed by atoms with van der Waals surface area (Å²) >= 11 is 0. The van der Waals surface area contributed by atoms with E-state index in [9.17, 15) is 23.2 Å². The van der Waals surface area contributed by atoms with Crippen molar-refractivity contribution < 1.29 is 42.4 Å². The van der Waals surface area contributed by atoms with E-state index < -0.39 is 34.1 Å². The van der Waals surface area contributed by atoms with Crippen LogP contribution >= 0.6 is 0 Å². The number of amides is 1. The summed E-state index contributed by atoms with van der Waals surface area (Å²) in [6.07, 6.45) is 3.80. The molecule has 1 aliphatic heterocycles. The van der Waals surface area contributed by atoms with E-state index in [-0.39, 0.29) is 18.5 Å². The van der Waals surface area contributed by atoms with Gasteiger partial charge in [0.15, 0.2) is 0 Å². The van der Waals surface area contributed by atoms with E-state index >= 15 is 0 Å². The number of rotatable bonds is 7. The number of hydrogen-bond acceptors (Lipinski definition) is 7. The van der Waals surface area contributed by atoms with Gasteiger partial charge in [0.25, 0.3) is 5.91 Å². The van der Waals surface area contributed by atoms with Gasteiger partial charge in [-0.25, -0.2) is 9.37 Å². The summed E-state index contributed by atoms with van der Waals surface area (Å²) in [4.78, 5) is 19.3. The number of carbonyl (C=O) groups is 1. The molecule has 1 aromatic heterocycles. The third-order valence-electron chi connectivity index (χ3n) is 6.04. The van der Waals surface area contributed by atoms with Crippen LogP contribution in [0.25, 0.3) is 11.8 Å². The second-order valence-corrected chi connectivity index (χ2v) is 9.36. The molecule has 1 saturated heterocycles. The van der Waals surface area contributed by atoms with Crippen molar-refractivity contribution in [2.24, 2.45) is 0 Å². The van der Waals surface area contributed by atoms with Crippen LogP contribution in [0, 0.1) is 23.0 Å². The molecule has 1 unspecified atom stereocenters.